The van der Waals surface area contributed by atoms with Crippen LogP contribution in [0.4, 0.5) is 11.4 Å². The Morgan fingerprint density at radius 2 is 1.69 bits per heavy atom. The van der Waals surface area contributed by atoms with Gasteiger partial charge in [-0.15, -0.1) is 0 Å². The second-order valence-electron chi connectivity index (χ2n) is 7.22. The van der Waals surface area contributed by atoms with Crippen LogP contribution in [-0.4, -0.2) is 16.2 Å². The molecule has 4 rings (SSSR count). The van der Waals surface area contributed by atoms with Gasteiger partial charge in [0, 0.05) is 10.0 Å². The number of rotatable bonds is 3. The van der Waals surface area contributed by atoms with E-state index in [1.165, 1.54) is 11.8 Å². The third-order valence-electron chi connectivity index (χ3n) is 4.87. The molecular weight excluding hydrogens is 531 g/mol. The van der Waals surface area contributed by atoms with Crippen molar-refractivity contribution < 1.29 is 9.90 Å². The molecule has 0 saturated carbocycles. The lowest BCUT2D eigenvalue weighted by Crippen LogP contribution is -2.28. The van der Waals surface area contributed by atoms with Crippen LogP contribution in [0.5, 0.6) is 5.75 Å². The minimum absolute atomic E-state index is 0.131. The van der Waals surface area contributed by atoms with Gasteiger partial charge >= 0.3 is 0 Å². The van der Waals surface area contributed by atoms with Gasteiger partial charge in [-0.3, -0.25) is 9.69 Å². The zero-order valence-electron chi connectivity index (χ0n) is 17.1. The van der Waals surface area contributed by atoms with Crippen molar-refractivity contribution >= 4 is 79.4 Å². The summed E-state index contributed by atoms with van der Waals surface area (Å²) in [5, 5.41) is 11.4. The number of hydrogen-bond donors (Lipinski definition) is 1. The zero-order chi connectivity index (χ0) is 23.0. The van der Waals surface area contributed by atoms with Crippen LogP contribution >= 0.6 is 50.9 Å². The van der Waals surface area contributed by atoms with E-state index in [4.69, 9.17) is 28.2 Å². The molecule has 1 aliphatic rings. The number of nitrogens with zero attached hydrogens (tertiary/aromatic N) is 2. The SMILES string of the molecule is Cc1ccc(N=C2S/C(=C/c3ccc(O)c(Br)c3)C(=O)N2c2ccc(C)c(Cl)c2)cc1Cl. The summed E-state index contributed by atoms with van der Waals surface area (Å²) in [6.07, 6.45) is 1.77. The van der Waals surface area contributed by atoms with Crippen molar-refractivity contribution in [2.45, 2.75) is 13.8 Å². The standard InChI is InChI=1S/C24H17BrCl2N2O2S/c1-13-3-6-16(11-19(13)26)28-24-29(17-7-4-14(2)20(27)12-17)23(31)22(32-24)10-15-5-8-21(30)18(25)9-15/h3-12,30H,1-2H3/b22-10+,28-24?. The molecule has 4 nitrogen and oxygen atoms in total. The first-order chi connectivity index (χ1) is 15.2. The van der Waals surface area contributed by atoms with Crippen molar-refractivity contribution in [3.8, 4) is 5.75 Å². The molecule has 1 saturated heterocycles. The maximum absolute atomic E-state index is 13.4. The third-order valence-corrected chi connectivity index (χ3v) is 7.29. The predicted octanol–water partition coefficient (Wildman–Crippen LogP) is 7.89. The Morgan fingerprint density at radius 1 is 1.00 bits per heavy atom. The Labute approximate surface area is 208 Å². The van der Waals surface area contributed by atoms with Crippen LogP contribution in [0.1, 0.15) is 16.7 Å². The number of halogens is 3. The lowest BCUT2D eigenvalue weighted by molar-refractivity contribution is -0.113. The van der Waals surface area contributed by atoms with Crippen LogP contribution in [0.25, 0.3) is 6.08 Å². The minimum atomic E-state index is -0.212. The first kappa shape index (κ1) is 22.9. The first-order valence-corrected chi connectivity index (χ1v) is 11.9. The number of aliphatic imine (C=N–C) groups is 1. The number of amidine groups is 1. The van der Waals surface area contributed by atoms with E-state index in [1.807, 2.05) is 38.1 Å². The van der Waals surface area contributed by atoms with Crippen molar-refractivity contribution in [3.63, 3.8) is 0 Å². The quantitative estimate of drug-likeness (QED) is 0.339. The Hall–Kier alpha value is -2.25. The number of carbonyl (C=O) groups is 1. The van der Waals surface area contributed by atoms with Crippen molar-refractivity contribution in [2.75, 3.05) is 4.90 Å². The highest BCUT2D eigenvalue weighted by atomic mass is 79.9. The van der Waals surface area contributed by atoms with Gasteiger partial charge in [-0.25, -0.2) is 4.99 Å². The number of carbonyl (C=O) groups excluding carboxylic acids is 1. The van der Waals surface area contributed by atoms with Gasteiger partial charge in [0.2, 0.25) is 0 Å². The fraction of sp³-hybridized carbons (Fsp3) is 0.0833. The topological polar surface area (TPSA) is 52.9 Å². The molecule has 3 aromatic rings. The van der Waals surface area contributed by atoms with E-state index in [0.717, 1.165) is 16.7 Å². The smallest absolute Gasteiger partial charge is 0.271 e. The van der Waals surface area contributed by atoms with Gasteiger partial charge in [0.25, 0.3) is 5.91 Å². The summed E-state index contributed by atoms with van der Waals surface area (Å²) in [7, 11) is 0. The van der Waals surface area contributed by atoms with E-state index in [-0.39, 0.29) is 11.7 Å². The van der Waals surface area contributed by atoms with Crippen molar-refractivity contribution in [1.82, 2.24) is 0 Å². The summed E-state index contributed by atoms with van der Waals surface area (Å²) >= 11 is 17.2. The molecule has 1 fully saturated rings. The molecule has 0 bridgehead atoms. The number of benzene rings is 3. The average molecular weight is 548 g/mol. The van der Waals surface area contributed by atoms with Gasteiger partial charge < -0.3 is 5.11 Å². The summed E-state index contributed by atoms with van der Waals surface area (Å²) in [6, 6.07) is 16.1. The summed E-state index contributed by atoms with van der Waals surface area (Å²) < 4.78 is 0.549. The van der Waals surface area contributed by atoms with Crippen molar-refractivity contribution in [2.24, 2.45) is 4.99 Å². The van der Waals surface area contributed by atoms with Crippen LogP contribution in [-0.2, 0) is 4.79 Å². The maximum atomic E-state index is 13.4. The van der Waals surface area contributed by atoms with E-state index in [1.54, 1.807) is 41.3 Å². The van der Waals surface area contributed by atoms with E-state index >= 15 is 0 Å². The molecule has 162 valence electrons. The van der Waals surface area contributed by atoms with Gasteiger partial charge in [0.1, 0.15) is 5.75 Å². The number of anilines is 1. The monoisotopic (exact) mass is 546 g/mol. The summed E-state index contributed by atoms with van der Waals surface area (Å²) in [5.41, 5.74) is 3.92. The number of aromatic hydroxyl groups is 1. The fourth-order valence-corrected chi connectivity index (χ4v) is 4.77. The summed E-state index contributed by atoms with van der Waals surface area (Å²) in [5.74, 6) is -0.0805. The highest BCUT2D eigenvalue weighted by Crippen LogP contribution is 2.39. The van der Waals surface area contributed by atoms with Gasteiger partial charge in [-0.05, 0) is 101 Å². The average Bonchev–Trinajstić information content (AvgIpc) is 3.04. The van der Waals surface area contributed by atoms with Crippen LogP contribution in [0.15, 0.2) is 69.0 Å². The molecule has 8 heteroatoms. The number of hydrogen-bond acceptors (Lipinski definition) is 4. The van der Waals surface area contributed by atoms with Crippen LogP contribution in [0.3, 0.4) is 0 Å². The van der Waals surface area contributed by atoms with E-state index in [2.05, 4.69) is 15.9 Å². The predicted molar refractivity (Wildman–Crippen MR) is 138 cm³/mol. The van der Waals surface area contributed by atoms with Gasteiger partial charge in [-0.2, -0.15) is 0 Å². The molecule has 1 amide bonds. The normalized spacial score (nSPS) is 16.4. The third kappa shape index (κ3) is 4.74. The molecule has 1 N–H and O–H groups in total. The highest BCUT2D eigenvalue weighted by Gasteiger charge is 2.35. The van der Waals surface area contributed by atoms with Crippen molar-refractivity contribution in [3.05, 3.63) is 90.7 Å². The molecule has 0 radical (unpaired) electrons. The van der Waals surface area contributed by atoms with Gasteiger partial charge in [0.15, 0.2) is 5.17 Å². The molecule has 1 heterocycles. The van der Waals surface area contributed by atoms with Crippen LogP contribution < -0.4 is 4.90 Å². The molecule has 3 aromatic carbocycles. The zero-order valence-corrected chi connectivity index (χ0v) is 21.0. The number of phenolic OH excluding ortho intramolecular Hbond substituents is 1. The minimum Gasteiger partial charge on any atom is -0.507 e. The van der Waals surface area contributed by atoms with E-state index < -0.39 is 0 Å². The number of thioether (sulfide) groups is 1. The molecule has 1 aliphatic heterocycles. The maximum Gasteiger partial charge on any atom is 0.271 e. The first-order valence-electron chi connectivity index (χ1n) is 9.56. The fourth-order valence-electron chi connectivity index (χ4n) is 3.02. The van der Waals surface area contributed by atoms with Crippen molar-refractivity contribution in [1.29, 1.82) is 0 Å². The van der Waals surface area contributed by atoms with Gasteiger partial charge in [0.05, 0.1) is 20.8 Å². The van der Waals surface area contributed by atoms with Crippen LogP contribution in [0.2, 0.25) is 10.0 Å². The Bertz CT molecular complexity index is 1310. The van der Waals surface area contributed by atoms with E-state index in [9.17, 15) is 9.90 Å². The summed E-state index contributed by atoms with van der Waals surface area (Å²) in [6.45, 7) is 3.83. The van der Waals surface area contributed by atoms with Crippen LogP contribution in [0, 0.1) is 13.8 Å². The lowest BCUT2D eigenvalue weighted by atomic mass is 10.2. The van der Waals surface area contributed by atoms with Gasteiger partial charge in [-0.1, -0.05) is 41.4 Å². The number of phenols is 1. The molecule has 0 atom stereocenters. The Kier molecular flexibility index (Phi) is 6.67. The largest absolute Gasteiger partial charge is 0.507 e. The molecular formula is C24H17BrCl2N2O2S. The van der Waals surface area contributed by atoms with E-state index in [0.29, 0.717) is 36.0 Å². The highest BCUT2D eigenvalue weighted by molar-refractivity contribution is 9.10. The second-order valence-corrected chi connectivity index (χ2v) is 9.90. The Balaban J connectivity index is 1.81. The Morgan fingerprint density at radius 3 is 2.34 bits per heavy atom. The molecule has 0 aromatic heterocycles. The molecule has 0 aliphatic carbocycles. The summed E-state index contributed by atoms with van der Waals surface area (Å²) in [4.78, 5) is 20.2. The molecule has 0 unspecified atom stereocenters. The lowest BCUT2D eigenvalue weighted by Gasteiger charge is -2.16. The molecule has 0 spiro atoms. The molecule has 32 heavy (non-hydrogen) atoms. The number of amides is 1. The second kappa shape index (κ2) is 9.32. The number of aryl methyl sites for hydroxylation is 2.